The van der Waals surface area contributed by atoms with Crippen molar-refractivity contribution in [1.82, 2.24) is 25.7 Å². The molecule has 0 radical (unpaired) electrons. The first-order chi connectivity index (χ1) is 5.86. The second-order valence-electron chi connectivity index (χ2n) is 2.14. The molecule has 0 spiro atoms. The summed E-state index contributed by atoms with van der Waals surface area (Å²) in [6.45, 7) is 0. The van der Waals surface area contributed by atoms with E-state index in [9.17, 15) is 5.11 Å². The van der Waals surface area contributed by atoms with Crippen molar-refractivity contribution in [2.45, 2.75) is 0 Å². The van der Waals surface area contributed by atoms with Crippen molar-refractivity contribution in [2.75, 3.05) is 0 Å². The van der Waals surface area contributed by atoms with Gasteiger partial charge in [-0.25, -0.2) is 0 Å². The Hall–Kier alpha value is -1.98. The van der Waals surface area contributed by atoms with Crippen LogP contribution in [0.4, 0.5) is 0 Å². The summed E-state index contributed by atoms with van der Waals surface area (Å²) >= 11 is 0. The van der Waals surface area contributed by atoms with E-state index in [1.807, 2.05) is 0 Å². The molecule has 0 N–H and O–H groups in total. The van der Waals surface area contributed by atoms with Gasteiger partial charge in [-0.05, 0) is 33.0 Å². The molecule has 1 aromatic carbocycles. The zero-order chi connectivity index (χ0) is 8.39. The summed E-state index contributed by atoms with van der Waals surface area (Å²) in [5.41, 5.74) is 0.666. The Balaban J connectivity index is 2.43. The molecule has 0 saturated carbocycles. The van der Waals surface area contributed by atoms with Crippen molar-refractivity contribution in [3.8, 4) is 11.4 Å². The van der Waals surface area contributed by atoms with Gasteiger partial charge in [0.25, 0.3) is 0 Å². The summed E-state index contributed by atoms with van der Waals surface area (Å²) in [7, 11) is 0. The topological polar surface area (TPSA) is 79.5 Å². The third kappa shape index (κ3) is 1.09. The van der Waals surface area contributed by atoms with Crippen LogP contribution < -0.4 is 5.11 Å². The second kappa shape index (κ2) is 2.57. The first kappa shape index (κ1) is 6.71. The molecule has 0 fully saturated rings. The van der Waals surface area contributed by atoms with Crippen LogP contribution in [0.1, 0.15) is 0 Å². The third-order valence-corrected chi connectivity index (χ3v) is 1.36. The maximum Gasteiger partial charge on any atom is 0.0892 e. The van der Waals surface area contributed by atoms with Gasteiger partial charge in [-0.15, -0.1) is 10.5 Å². The van der Waals surface area contributed by atoms with E-state index in [-0.39, 0.29) is 5.75 Å². The van der Waals surface area contributed by atoms with Crippen LogP contribution in [-0.4, -0.2) is 25.7 Å². The highest BCUT2D eigenvalue weighted by Crippen LogP contribution is 2.08. The van der Waals surface area contributed by atoms with E-state index in [0.717, 1.165) is 0 Å². The molecule has 0 unspecified atom stereocenters. The maximum atomic E-state index is 10.7. The quantitative estimate of drug-likeness (QED) is 0.544. The van der Waals surface area contributed by atoms with Crippen molar-refractivity contribution in [1.29, 1.82) is 0 Å². The molecule has 1 heterocycles. The number of aromatic nitrogens is 5. The predicted octanol–water partition coefficient (Wildman–Crippen LogP) is -0.869. The first-order valence-electron chi connectivity index (χ1n) is 3.25. The van der Waals surface area contributed by atoms with Crippen LogP contribution in [-0.2, 0) is 0 Å². The van der Waals surface area contributed by atoms with Crippen molar-refractivity contribution < 1.29 is 5.11 Å². The monoisotopic (exact) mass is 162 g/mol. The van der Waals surface area contributed by atoms with Crippen LogP contribution in [0.25, 0.3) is 5.69 Å². The molecule has 6 nitrogen and oxygen atoms in total. The standard InChI is InChI=1S/C6H5N5O/c12-6-3-1-5(2-4-6)11-9-7-8-10-11/h1-4,12H/p-1. The average molecular weight is 162 g/mol. The zero-order valence-electron chi connectivity index (χ0n) is 5.95. The number of benzene rings is 1. The number of rotatable bonds is 1. The number of nitrogens with zero attached hydrogens (tertiary/aromatic N) is 5. The van der Waals surface area contributed by atoms with E-state index in [4.69, 9.17) is 0 Å². The van der Waals surface area contributed by atoms with Gasteiger partial charge in [0.05, 0.1) is 5.69 Å². The lowest BCUT2D eigenvalue weighted by atomic mass is 10.3. The van der Waals surface area contributed by atoms with Crippen molar-refractivity contribution in [3.05, 3.63) is 24.3 Å². The van der Waals surface area contributed by atoms with Crippen molar-refractivity contribution >= 4 is 0 Å². The third-order valence-electron chi connectivity index (χ3n) is 1.36. The van der Waals surface area contributed by atoms with E-state index >= 15 is 0 Å². The molecular formula is C6H4N5O-. The molecule has 2 rings (SSSR count). The molecule has 0 amide bonds. The van der Waals surface area contributed by atoms with Gasteiger partial charge >= 0.3 is 0 Å². The summed E-state index contributed by atoms with van der Waals surface area (Å²) in [6.07, 6.45) is 0. The van der Waals surface area contributed by atoms with Crippen LogP contribution in [0.2, 0.25) is 0 Å². The molecule has 1 aromatic heterocycles. The summed E-state index contributed by atoms with van der Waals surface area (Å²) in [5.74, 6) is -0.0492. The van der Waals surface area contributed by atoms with Crippen LogP contribution in [0.3, 0.4) is 0 Å². The minimum atomic E-state index is -0.0492. The Labute approximate surface area is 67.4 Å². The van der Waals surface area contributed by atoms with Crippen LogP contribution in [0, 0.1) is 0 Å². The normalized spacial score (nSPS) is 10.0. The van der Waals surface area contributed by atoms with Gasteiger partial charge in [-0.1, -0.05) is 12.1 Å². The molecule has 0 bridgehead atoms. The Morgan fingerprint density at radius 3 is 2.17 bits per heavy atom. The lowest BCUT2D eigenvalue weighted by Gasteiger charge is -2.03. The van der Waals surface area contributed by atoms with Crippen LogP contribution >= 0.6 is 0 Å². The SMILES string of the molecule is [O-]c1ccc(-n2nnnn2)cc1. The highest BCUT2D eigenvalue weighted by Gasteiger charge is 1.95. The largest absolute Gasteiger partial charge is 0.872 e. The molecule has 0 atom stereocenters. The van der Waals surface area contributed by atoms with Crippen LogP contribution in [0.15, 0.2) is 24.3 Å². The van der Waals surface area contributed by atoms with Gasteiger partial charge in [-0.2, -0.15) is 0 Å². The Morgan fingerprint density at radius 2 is 1.58 bits per heavy atom. The molecular weight excluding hydrogens is 158 g/mol. The fourth-order valence-corrected chi connectivity index (χ4v) is 0.812. The summed E-state index contributed by atoms with van der Waals surface area (Å²) < 4.78 is 0. The average Bonchev–Trinajstić information content (AvgIpc) is 2.58. The maximum absolute atomic E-state index is 10.7. The van der Waals surface area contributed by atoms with Crippen LogP contribution in [0.5, 0.6) is 5.75 Å². The lowest BCUT2D eigenvalue weighted by Crippen LogP contribution is -1.99. The molecule has 0 aliphatic rings. The number of hydrogen-bond donors (Lipinski definition) is 0. The van der Waals surface area contributed by atoms with Gasteiger partial charge in [0.2, 0.25) is 0 Å². The van der Waals surface area contributed by atoms with Gasteiger partial charge in [0.15, 0.2) is 0 Å². The zero-order valence-corrected chi connectivity index (χ0v) is 5.95. The number of hydrogen-bond acceptors (Lipinski definition) is 5. The molecule has 0 aliphatic heterocycles. The van der Waals surface area contributed by atoms with Gasteiger partial charge < -0.3 is 5.11 Å². The summed E-state index contributed by atoms with van der Waals surface area (Å²) in [5, 5.41) is 24.4. The minimum Gasteiger partial charge on any atom is -0.872 e. The Kier molecular flexibility index (Phi) is 1.44. The van der Waals surface area contributed by atoms with E-state index in [2.05, 4.69) is 20.9 Å². The molecule has 2 aromatic rings. The summed E-state index contributed by atoms with van der Waals surface area (Å²) in [6, 6.07) is 6.06. The van der Waals surface area contributed by atoms with Gasteiger partial charge in [-0.3, -0.25) is 0 Å². The predicted molar refractivity (Wildman–Crippen MR) is 36.4 cm³/mol. The van der Waals surface area contributed by atoms with Gasteiger partial charge in [0, 0.05) is 0 Å². The van der Waals surface area contributed by atoms with Gasteiger partial charge in [0.1, 0.15) is 0 Å². The van der Waals surface area contributed by atoms with E-state index < -0.39 is 0 Å². The molecule has 0 aliphatic carbocycles. The molecule has 0 saturated heterocycles. The summed E-state index contributed by atoms with van der Waals surface area (Å²) in [4.78, 5) is 1.24. The van der Waals surface area contributed by atoms with Crippen molar-refractivity contribution in [3.63, 3.8) is 0 Å². The second-order valence-corrected chi connectivity index (χ2v) is 2.14. The smallest absolute Gasteiger partial charge is 0.0892 e. The van der Waals surface area contributed by atoms with E-state index in [1.165, 1.54) is 16.9 Å². The Morgan fingerprint density at radius 1 is 1.00 bits per heavy atom. The molecule has 12 heavy (non-hydrogen) atoms. The lowest BCUT2D eigenvalue weighted by molar-refractivity contribution is -0.268. The first-order valence-corrected chi connectivity index (χ1v) is 3.25. The fraction of sp³-hybridized carbons (Fsp3) is 0. The van der Waals surface area contributed by atoms with Crippen molar-refractivity contribution in [2.24, 2.45) is 0 Å². The van der Waals surface area contributed by atoms with E-state index in [1.54, 1.807) is 12.1 Å². The highest BCUT2D eigenvalue weighted by molar-refractivity contribution is 5.33. The molecule has 6 heteroatoms. The minimum absolute atomic E-state index is 0.0492. The fourth-order valence-electron chi connectivity index (χ4n) is 0.812. The Bertz CT molecular complexity index is 354. The molecule has 60 valence electrons. The highest BCUT2D eigenvalue weighted by atomic mass is 16.3. The van der Waals surface area contributed by atoms with E-state index in [0.29, 0.717) is 5.69 Å².